The molecule has 0 spiro atoms. The highest BCUT2D eigenvalue weighted by Crippen LogP contribution is 2.25. The van der Waals surface area contributed by atoms with E-state index in [1.807, 2.05) is 79.7 Å². The number of amides is 1. The van der Waals surface area contributed by atoms with Crippen LogP contribution >= 0.6 is 11.6 Å². The highest BCUT2D eigenvalue weighted by Gasteiger charge is 2.19. The molecule has 0 fully saturated rings. The van der Waals surface area contributed by atoms with Gasteiger partial charge in [-0.15, -0.1) is 5.10 Å². The Balaban J connectivity index is 1.70. The van der Waals surface area contributed by atoms with Crippen LogP contribution in [0.15, 0.2) is 72.8 Å². The van der Waals surface area contributed by atoms with E-state index >= 15 is 0 Å². The minimum Gasteiger partial charge on any atom is -0.497 e. The van der Waals surface area contributed by atoms with Crippen molar-refractivity contribution in [3.63, 3.8) is 0 Å². The summed E-state index contributed by atoms with van der Waals surface area (Å²) in [5, 5.41) is 7.89. The zero-order valence-corrected chi connectivity index (χ0v) is 18.7. The number of anilines is 2. The van der Waals surface area contributed by atoms with Crippen LogP contribution < -0.4 is 15.0 Å². The van der Waals surface area contributed by atoms with Crippen molar-refractivity contribution in [2.45, 2.75) is 0 Å². The molecule has 0 radical (unpaired) electrons. The molecule has 0 aliphatic carbocycles. The Hall–Kier alpha value is -3.84. The molecule has 0 aliphatic rings. The van der Waals surface area contributed by atoms with E-state index in [2.05, 4.69) is 15.4 Å². The molecule has 0 aliphatic heterocycles. The first-order chi connectivity index (χ1) is 15.4. The van der Waals surface area contributed by atoms with Gasteiger partial charge in [-0.2, -0.15) is 0 Å². The SMILES string of the molecule is COc1ccc(-c2nc(C(=O)Nc3ccc(N(C)C)cc3)nn2-c2cccc(Cl)c2)cc1. The second-order valence-electron chi connectivity index (χ2n) is 7.27. The van der Waals surface area contributed by atoms with Crippen molar-refractivity contribution in [3.05, 3.63) is 83.6 Å². The van der Waals surface area contributed by atoms with Crippen molar-refractivity contribution in [1.29, 1.82) is 0 Å². The summed E-state index contributed by atoms with van der Waals surface area (Å²) in [7, 11) is 5.53. The van der Waals surface area contributed by atoms with E-state index in [1.54, 1.807) is 23.9 Å². The number of ether oxygens (including phenoxy) is 1. The smallest absolute Gasteiger partial charge is 0.295 e. The van der Waals surface area contributed by atoms with Crippen LogP contribution in [-0.2, 0) is 0 Å². The summed E-state index contributed by atoms with van der Waals surface area (Å²) < 4.78 is 6.85. The number of carbonyl (C=O) groups is 1. The maximum atomic E-state index is 12.9. The van der Waals surface area contributed by atoms with Crippen LogP contribution in [0, 0.1) is 0 Å². The Labute approximate surface area is 191 Å². The van der Waals surface area contributed by atoms with Gasteiger partial charge in [0.15, 0.2) is 5.82 Å². The monoisotopic (exact) mass is 447 g/mol. The standard InChI is InChI=1S/C24H22ClN5O2/c1-29(2)19-11-9-18(10-12-19)26-24(31)22-27-23(16-7-13-21(32-3)14-8-16)30(28-22)20-6-4-5-17(25)15-20/h4-15H,1-3H3,(H,26,31). The molecule has 1 amide bonds. The van der Waals surface area contributed by atoms with E-state index < -0.39 is 5.91 Å². The number of carbonyl (C=O) groups excluding carboxylic acids is 1. The number of methoxy groups -OCH3 is 1. The molecule has 0 unspecified atom stereocenters. The Kier molecular flexibility index (Phi) is 6.09. The van der Waals surface area contributed by atoms with Crippen LogP contribution in [0.1, 0.15) is 10.6 Å². The highest BCUT2D eigenvalue weighted by atomic mass is 35.5. The van der Waals surface area contributed by atoms with Crippen LogP contribution in [0.25, 0.3) is 17.1 Å². The largest absolute Gasteiger partial charge is 0.497 e. The minimum absolute atomic E-state index is 0.0486. The lowest BCUT2D eigenvalue weighted by molar-refractivity contribution is 0.101. The molecular weight excluding hydrogens is 426 g/mol. The van der Waals surface area contributed by atoms with E-state index in [0.717, 1.165) is 17.0 Å². The van der Waals surface area contributed by atoms with Gasteiger partial charge in [0.1, 0.15) is 5.75 Å². The summed E-state index contributed by atoms with van der Waals surface area (Å²) >= 11 is 6.18. The molecule has 8 heteroatoms. The number of benzene rings is 3. The molecule has 0 saturated heterocycles. The first-order valence-electron chi connectivity index (χ1n) is 9.91. The first kappa shape index (κ1) is 21.4. The number of aromatic nitrogens is 3. The average Bonchev–Trinajstić information content (AvgIpc) is 3.25. The van der Waals surface area contributed by atoms with Crippen LogP contribution in [-0.4, -0.2) is 41.9 Å². The molecule has 0 atom stereocenters. The Morgan fingerprint density at radius 2 is 1.75 bits per heavy atom. The lowest BCUT2D eigenvalue weighted by Gasteiger charge is -2.12. The molecular formula is C24H22ClN5O2. The van der Waals surface area contributed by atoms with Crippen LogP contribution in [0.2, 0.25) is 5.02 Å². The van der Waals surface area contributed by atoms with Gasteiger partial charge in [-0.1, -0.05) is 17.7 Å². The van der Waals surface area contributed by atoms with Gasteiger partial charge in [0.25, 0.3) is 5.91 Å². The summed E-state index contributed by atoms with van der Waals surface area (Å²) in [5.74, 6) is 0.885. The molecule has 4 aromatic rings. The summed E-state index contributed by atoms with van der Waals surface area (Å²) in [5.41, 5.74) is 3.18. The topological polar surface area (TPSA) is 72.3 Å². The molecule has 1 heterocycles. The second-order valence-corrected chi connectivity index (χ2v) is 7.71. The second kappa shape index (κ2) is 9.11. The van der Waals surface area contributed by atoms with E-state index in [9.17, 15) is 4.79 Å². The van der Waals surface area contributed by atoms with Crippen molar-refractivity contribution < 1.29 is 9.53 Å². The van der Waals surface area contributed by atoms with Crippen LogP contribution in [0.3, 0.4) is 0 Å². The summed E-state index contributed by atoms with van der Waals surface area (Å²) in [6.45, 7) is 0. The fourth-order valence-electron chi connectivity index (χ4n) is 3.15. The third-order valence-electron chi connectivity index (χ3n) is 4.85. The number of hydrogen-bond acceptors (Lipinski definition) is 5. The van der Waals surface area contributed by atoms with Gasteiger partial charge in [0.05, 0.1) is 12.8 Å². The number of nitrogens with one attached hydrogen (secondary N) is 1. The summed E-state index contributed by atoms with van der Waals surface area (Å²) in [6.07, 6.45) is 0. The number of halogens is 1. The van der Waals surface area contributed by atoms with Gasteiger partial charge < -0.3 is 15.0 Å². The summed E-state index contributed by atoms with van der Waals surface area (Å²) in [4.78, 5) is 19.4. The molecule has 1 N–H and O–H groups in total. The quantitative estimate of drug-likeness (QED) is 0.454. The van der Waals surface area contributed by atoms with Crippen molar-refractivity contribution >= 4 is 28.9 Å². The van der Waals surface area contributed by atoms with Gasteiger partial charge in [0, 0.05) is 36.1 Å². The predicted octanol–water partition coefficient (Wildman–Crippen LogP) is 4.91. The fraction of sp³-hybridized carbons (Fsp3) is 0.125. The Morgan fingerprint density at radius 3 is 2.38 bits per heavy atom. The maximum Gasteiger partial charge on any atom is 0.295 e. The molecule has 4 rings (SSSR count). The number of hydrogen-bond donors (Lipinski definition) is 1. The van der Waals surface area contributed by atoms with Gasteiger partial charge in [0.2, 0.25) is 5.82 Å². The molecule has 0 saturated carbocycles. The summed E-state index contributed by atoms with van der Waals surface area (Å²) in [6, 6.07) is 22.2. The van der Waals surface area contributed by atoms with Gasteiger partial charge in [-0.05, 0) is 66.7 Å². The maximum absolute atomic E-state index is 12.9. The van der Waals surface area contributed by atoms with E-state index in [0.29, 0.717) is 22.2 Å². The zero-order valence-electron chi connectivity index (χ0n) is 17.9. The minimum atomic E-state index is -0.404. The molecule has 0 bridgehead atoms. The predicted molar refractivity (Wildman–Crippen MR) is 127 cm³/mol. The van der Waals surface area contributed by atoms with Crippen molar-refractivity contribution in [1.82, 2.24) is 14.8 Å². The lowest BCUT2D eigenvalue weighted by atomic mass is 10.2. The van der Waals surface area contributed by atoms with E-state index in [-0.39, 0.29) is 5.82 Å². The zero-order chi connectivity index (χ0) is 22.7. The van der Waals surface area contributed by atoms with Crippen molar-refractivity contribution in [2.75, 3.05) is 31.4 Å². The first-order valence-corrected chi connectivity index (χ1v) is 10.3. The van der Waals surface area contributed by atoms with E-state index in [1.165, 1.54) is 0 Å². The number of rotatable bonds is 6. The van der Waals surface area contributed by atoms with Crippen LogP contribution in [0.4, 0.5) is 11.4 Å². The van der Waals surface area contributed by atoms with Gasteiger partial charge >= 0.3 is 0 Å². The van der Waals surface area contributed by atoms with Crippen LogP contribution in [0.5, 0.6) is 5.75 Å². The lowest BCUT2D eigenvalue weighted by Crippen LogP contribution is -2.14. The fourth-order valence-corrected chi connectivity index (χ4v) is 3.34. The molecule has 1 aromatic heterocycles. The van der Waals surface area contributed by atoms with Gasteiger partial charge in [-0.3, -0.25) is 4.79 Å². The van der Waals surface area contributed by atoms with E-state index in [4.69, 9.17) is 16.3 Å². The Morgan fingerprint density at radius 1 is 1.03 bits per heavy atom. The molecule has 7 nitrogen and oxygen atoms in total. The van der Waals surface area contributed by atoms with Crippen molar-refractivity contribution in [3.8, 4) is 22.8 Å². The third kappa shape index (κ3) is 4.58. The Bertz CT molecular complexity index is 1230. The molecule has 32 heavy (non-hydrogen) atoms. The molecule has 162 valence electrons. The van der Waals surface area contributed by atoms with Gasteiger partial charge in [-0.25, -0.2) is 9.67 Å². The molecule has 3 aromatic carbocycles. The third-order valence-corrected chi connectivity index (χ3v) is 5.09. The van der Waals surface area contributed by atoms with Crippen molar-refractivity contribution in [2.24, 2.45) is 0 Å². The average molecular weight is 448 g/mol. The normalized spacial score (nSPS) is 10.6. The number of nitrogens with zero attached hydrogens (tertiary/aromatic N) is 4. The highest BCUT2D eigenvalue weighted by molar-refractivity contribution is 6.30.